The number of nitrogens with zero attached hydrogens (tertiary/aromatic N) is 1. The van der Waals surface area contributed by atoms with E-state index in [1.54, 1.807) is 12.1 Å². The molecule has 0 atom stereocenters. The summed E-state index contributed by atoms with van der Waals surface area (Å²) in [7, 11) is 0. The number of nitrogens with one attached hydrogen (secondary N) is 1. The lowest BCUT2D eigenvalue weighted by Gasteiger charge is -2.06. The van der Waals surface area contributed by atoms with Crippen molar-refractivity contribution >= 4 is 17.6 Å². The third-order valence-electron chi connectivity index (χ3n) is 2.43. The van der Waals surface area contributed by atoms with Gasteiger partial charge in [-0.2, -0.15) is 0 Å². The lowest BCUT2D eigenvalue weighted by Crippen LogP contribution is -2.12. The van der Waals surface area contributed by atoms with E-state index in [4.69, 9.17) is 5.11 Å². The Kier molecular flexibility index (Phi) is 3.42. The first-order valence-electron chi connectivity index (χ1n) is 5.35. The molecule has 0 aliphatic heterocycles. The van der Waals surface area contributed by atoms with Crippen molar-refractivity contribution < 1.29 is 19.8 Å². The van der Waals surface area contributed by atoms with Crippen LogP contribution in [0.2, 0.25) is 0 Å². The van der Waals surface area contributed by atoms with Crippen LogP contribution in [0.1, 0.15) is 20.7 Å². The number of pyridine rings is 1. The molecule has 1 amide bonds. The molecule has 0 bridgehead atoms. The molecular weight excluding hydrogens is 248 g/mol. The molecule has 2 aromatic rings. The van der Waals surface area contributed by atoms with Crippen LogP contribution in [0.15, 0.2) is 42.7 Å². The average Bonchev–Trinajstić information content (AvgIpc) is 2.39. The number of hydrogen-bond donors (Lipinski definition) is 3. The van der Waals surface area contributed by atoms with Gasteiger partial charge in [-0.05, 0) is 24.3 Å². The molecule has 0 unspecified atom stereocenters. The van der Waals surface area contributed by atoms with E-state index in [0.29, 0.717) is 11.3 Å². The molecule has 3 N–H and O–H groups in total. The second kappa shape index (κ2) is 5.18. The number of carbonyl (C=O) groups is 2. The lowest BCUT2D eigenvalue weighted by atomic mass is 10.1. The van der Waals surface area contributed by atoms with Crippen LogP contribution in [0.25, 0.3) is 0 Å². The fraction of sp³-hybridized carbons (Fsp3) is 0. The van der Waals surface area contributed by atoms with Crippen molar-refractivity contribution in [2.24, 2.45) is 0 Å². The second-order valence-electron chi connectivity index (χ2n) is 3.73. The van der Waals surface area contributed by atoms with Crippen LogP contribution in [-0.4, -0.2) is 27.1 Å². The smallest absolute Gasteiger partial charge is 0.339 e. The van der Waals surface area contributed by atoms with E-state index < -0.39 is 11.7 Å². The van der Waals surface area contributed by atoms with Gasteiger partial charge < -0.3 is 15.5 Å². The minimum Gasteiger partial charge on any atom is -0.507 e. The van der Waals surface area contributed by atoms with Crippen LogP contribution in [0.5, 0.6) is 5.75 Å². The highest BCUT2D eigenvalue weighted by atomic mass is 16.4. The number of amides is 1. The van der Waals surface area contributed by atoms with Gasteiger partial charge in [-0.3, -0.25) is 9.78 Å². The molecule has 0 aliphatic rings. The molecular formula is C13H10N2O4. The third-order valence-corrected chi connectivity index (χ3v) is 2.43. The number of carbonyl (C=O) groups excluding carboxylic acids is 1. The molecule has 2 rings (SSSR count). The first-order valence-corrected chi connectivity index (χ1v) is 5.35. The topological polar surface area (TPSA) is 99.5 Å². The molecule has 0 saturated carbocycles. The Labute approximate surface area is 108 Å². The van der Waals surface area contributed by atoms with Gasteiger partial charge in [0.15, 0.2) is 0 Å². The zero-order chi connectivity index (χ0) is 13.8. The van der Waals surface area contributed by atoms with Gasteiger partial charge >= 0.3 is 5.97 Å². The van der Waals surface area contributed by atoms with Crippen LogP contribution >= 0.6 is 0 Å². The van der Waals surface area contributed by atoms with Crippen molar-refractivity contribution in [3.63, 3.8) is 0 Å². The van der Waals surface area contributed by atoms with E-state index in [1.807, 2.05) is 0 Å². The van der Waals surface area contributed by atoms with Gasteiger partial charge in [-0.15, -0.1) is 0 Å². The van der Waals surface area contributed by atoms with Crippen LogP contribution in [0.4, 0.5) is 5.69 Å². The molecule has 0 spiro atoms. The fourth-order valence-electron chi connectivity index (χ4n) is 1.50. The van der Waals surface area contributed by atoms with Gasteiger partial charge in [0, 0.05) is 29.7 Å². The van der Waals surface area contributed by atoms with E-state index in [1.165, 1.54) is 30.6 Å². The normalized spacial score (nSPS) is 9.89. The minimum atomic E-state index is -1.23. The van der Waals surface area contributed by atoms with Crippen LogP contribution < -0.4 is 5.32 Å². The Morgan fingerprint density at radius 1 is 1.11 bits per heavy atom. The molecule has 1 aromatic heterocycles. The molecule has 0 aliphatic carbocycles. The van der Waals surface area contributed by atoms with Gasteiger partial charge in [-0.25, -0.2) is 4.79 Å². The van der Waals surface area contributed by atoms with Gasteiger partial charge in [0.1, 0.15) is 11.3 Å². The van der Waals surface area contributed by atoms with E-state index in [2.05, 4.69) is 10.3 Å². The average molecular weight is 258 g/mol. The largest absolute Gasteiger partial charge is 0.507 e. The molecule has 1 aromatic carbocycles. The number of carboxylic acid groups (broad SMARTS) is 1. The first kappa shape index (κ1) is 12.6. The number of aromatic carboxylic acids is 1. The van der Waals surface area contributed by atoms with Crippen molar-refractivity contribution in [1.29, 1.82) is 0 Å². The summed E-state index contributed by atoms with van der Waals surface area (Å²) in [6.45, 7) is 0. The quantitative estimate of drug-likeness (QED) is 0.778. The zero-order valence-corrected chi connectivity index (χ0v) is 9.70. The Hall–Kier alpha value is -2.89. The number of phenols is 1. The third kappa shape index (κ3) is 2.86. The predicted octanol–water partition coefficient (Wildman–Crippen LogP) is 1.74. The summed E-state index contributed by atoms with van der Waals surface area (Å²) in [6, 6.07) is 6.90. The molecule has 6 heteroatoms. The van der Waals surface area contributed by atoms with Crippen molar-refractivity contribution in [2.75, 3.05) is 5.32 Å². The number of anilines is 1. The number of hydrogen-bond acceptors (Lipinski definition) is 4. The van der Waals surface area contributed by atoms with Crippen LogP contribution in [0, 0.1) is 0 Å². The summed E-state index contributed by atoms with van der Waals surface area (Å²) in [5, 5.41) is 20.8. The minimum absolute atomic E-state index is 0.220. The lowest BCUT2D eigenvalue weighted by molar-refractivity contribution is 0.0693. The van der Waals surface area contributed by atoms with Crippen molar-refractivity contribution in [3.05, 3.63) is 53.9 Å². The fourth-order valence-corrected chi connectivity index (χ4v) is 1.50. The molecule has 1 heterocycles. The van der Waals surface area contributed by atoms with E-state index in [0.717, 1.165) is 0 Å². The molecule has 0 radical (unpaired) electrons. The Morgan fingerprint density at radius 3 is 2.37 bits per heavy atom. The Morgan fingerprint density at radius 2 is 1.79 bits per heavy atom. The summed E-state index contributed by atoms with van der Waals surface area (Å²) >= 11 is 0. The molecule has 19 heavy (non-hydrogen) atoms. The van der Waals surface area contributed by atoms with E-state index in [-0.39, 0.29) is 11.5 Å². The van der Waals surface area contributed by atoms with Crippen molar-refractivity contribution in [3.8, 4) is 5.75 Å². The Balaban J connectivity index is 2.19. The maximum absolute atomic E-state index is 11.8. The second-order valence-corrected chi connectivity index (χ2v) is 3.73. The van der Waals surface area contributed by atoms with Crippen LogP contribution in [0.3, 0.4) is 0 Å². The standard InChI is InChI=1S/C13H10N2O4/c16-11-7-9(1-2-10(11)13(18)19)15-12(17)8-3-5-14-6-4-8/h1-7,16H,(H,15,17)(H,18,19). The summed E-state index contributed by atoms with van der Waals surface area (Å²) in [6.07, 6.45) is 2.97. The van der Waals surface area contributed by atoms with E-state index >= 15 is 0 Å². The van der Waals surface area contributed by atoms with Gasteiger partial charge in [0.05, 0.1) is 0 Å². The monoisotopic (exact) mass is 258 g/mol. The number of aromatic hydroxyl groups is 1. The van der Waals surface area contributed by atoms with Crippen molar-refractivity contribution in [1.82, 2.24) is 4.98 Å². The summed E-state index contributed by atoms with van der Waals surface area (Å²) < 4.78 is 0. The SMILES string of the molecule is O=C(Nc1ccc(C(=O)O)c(O)c1)c1ccncc1. The van der Waals surface area contributed by atoms with Gasteiger partial charge in [0.25, 0.3) is 5.91 Å². The molecule has 0 fully saturated rings. The Bertz CT molecular complexity index is 626. The van der Waals surface area contributed by atoms with Gasteiger partial charge in [-0.1, -0.05) is 0 Å². The first-order chi connectivity index (χ1) is 9.08. The highest BCUT2D eigenvalue weighted by molar-refractivity contribution is 6.04. The summed E-state index contributed by atoms with van der Waals surface area (Å²) in [4.78, 5) is 26.3. The maximum Gasteiger partial charge on any atom is 0.339 e. The van der Waals surface area contributed by atoms with E-state index in [9.17, 15) is 14.7 Å². The predicted molar refractivity (Wildman–Crippen MR) is 67.3 cm³/mol. The molecule has 0 saturated heterocycles. The number of rotatable bonds is 3. The highest BCUT2D eigenvalue weighted by Gasteiger charge is 2.11. The molecule has 96 valence electrons. The van der Waals surface area contributed by atoms with Crippen molar-refractivity contribution in [2.45, 2.75) is 0 Å². The van der Waals surface area contributed by atoms with Gasteiger partial charge in [0.2, 0.25) is 0 Å². The highest BCUT2D eigenvalue weighted by Crippen LogP contribution is 2.22. The maximum atomic E-state index is 11.8. The summed E-state index contributed by atoms with van der Waals surface area (Å²) in [5.41, 5.74) is 0.503. The number of aromatic nitrogens is 1. The summed E-state index contributed by atoms with van der Waals surface area (Å²) in [5.74, 6) is -2.01. The van der Waals surface area contributed by atoms with Crippen LogP contribution in [-0.2, 0) is 0 Å². The molecule has 6 nitrogen and oxygen atoms in total. The number of benzene rings is 1. The number of carboxylic acids is 1. The zero-order valence-electron chi connectivity index (χ0n) is 9.70.